The maximum Gasteiger partial charge on any atom is 0.416 e. The topological polar surface area (TPSA) is 259 Å². The number of allylic oxidation sites excluding steroid dienone is 1. The van der Waals surface area contributed by atoms with Crippen LogP contribution in [-0.4, -0.2) is 106 Å². The first-order valence-corrected chi connectivity index (χ1v) is 24.1. The summed E-state index contributed by atoms with van der Waals surface area (Å²) in [5.74, 6) is 1.27. The molecule has 2 fully saturated rings. The summed E-state index contributed by atoms with van der Waals surface area (Å²) in [5.41, 5.74) is -0.309. The van der Waals surface area contributed by atoms with Gasteiger partial charge in [0, 0.05) is 79.8 Å². The Hall–Kier alpha value is -9.14. The fourth-order valence-corrected chi connectivity index (χ4v) is 7.93. The molecular weight excluding hydrogens is 1100 g/mol. The Kier molecular flexibility index (Phi) is 19.0. The van der Waals surface area contributed by atoms with Crippen molar-refractivity contribution in [1.29, 1.82) is 0 Å². The molecule has 2 aliphatic heterocycles. The molecule has 0 radical (unpaired) electrons. The first kappa shape index (κ1) is 58.5. The maximum atomic E-state index is 12.9. The van der Waals surface area contributed by atoms with Gasteiger partial charge in [-0.25, -0.2) is 19.9 Å². The zero-order valence-corrected chi connectivity index (χ0v) is 43.1. The van der Waals surface area contributed by atoms with Gasteiger partial charge in [-0.15, -0.1) is 12.4 Å². The molecule has 7 N–H and O–H groups in total. The number of H-pyrrole nitrogens is 2. The second-order valence-electron chi connectivity index (χ2n) is 17.2. The van der Waals surface area contributed by atoms with Gasteiger partial charge in [0.1, 0.15) is 45.4 Å². The molecule has 6 aromatic heterocycles. The summed E-state index contributed by atoms with van der Waals surface area (Å²) in [6.07, 6.45) is 0.101. The van der Waals surface area contributed by atoms with Crippen molar-refractivity contribution in [3.05, 3.63) is 157 Å². The van der Waals surface area contributed by atoms with Crippen LogP contribution in [0.1, 0.15) is 44.7 Å². The molecule has 80 heavy (non-hydrogen) atoms. The molecule has 28 heteroatoms. The van der Waals surface area contributed by atoms with E-state index >= 15 is 0 Å². The van der Waals surface area contributed by atoms with Gasteiger partial charge in [0.2, 0.25) is 11.1 Å². The van der Waals surface area contributed by atoms with Crippen LogP contribution in [0.4, 0.5) is 49.6 Å². The molecule has 2 atom stereocenters. The molecule has 10 rings (SSSR count). The van der Waals surface area contributed by atoms with Crippen LogP contribution in [0.5, 0.6) is 23.0 Å². The molecule has 0 aliphatic carbocycles. The molecule has 0 spiro atoms. The first-order valence-electron chi connectivity index (χ1n) is 23.7. The van der Waals surface area contributed by atoms with Crippen LogP contribution >= 0.6 is 24.0 Å². The van der Waals surface area contributed by atoms with Gasteiger partial charge in [-0.1, -0.05) is 13.2 Å². The average molecular weight is 1150 g/mol. The predicted molar refractivity (Wildman–Crippen MR) is 287 cm³/mol. The van der Waals surface area contributed by atoms with Crippen LogP contribution in [0.2, 0.25) is 0 Å². The smallest absolute Gasteiger partial charge is 0.416 e. The Balaban J connectivity index is 0.000000212. The van der Waals surface area contributed by atoms with Crippen molar-refractivity contribution < 1.29 is 55.0 Å². The molecule has 0 bridgehead atoms. The van der Waals surface area contributed by atoms with Crippen LogP contribution < -0.4 is 36.1 Å². The van der Waals surface area contributed by atoms with Crippen molar-refractivity contribution in [1.82, 2.24) is 50.5 Å². The van der Waals surface area contributed by atoms with Crippen molar-refractivity contribution in [2.45, 2.75) is 37.3 Å². The molecule has 3 amide bonds. The lowest BCUT2D eigenvalue weighted by Crippen LogP contribution is -2.30. The molecule has 8 heterocycles. The van der Waals surface area contributed by atoms with E-state index in [4.69, 9.17) is 21.1 Å². The standard InChI is InChI=1S/C26H22F3N7O3.C23H20F3N7O2.C3H3ClO.ClH/c1-2-21(37)36-12-9-17(14-36)32-24-22-19(8-11-31-23(22)34-35-24)39-18-5-3-15(4-6-18)25(38)33-20-13-16(7-10-30-20)26(27,28)29;24-23(25,26)14-5-9-28-18(11-14)31-22(34)13-1-3-16(4-2-13)35-17-7-10-29-20-19(17)21(33-32-20)30-15-6-8-27-12-15;1-2-3(4)5;/h2-8,10-11,13,17H,1,9,12,14H2,(H,30,33,38)(H2,31,32,34,35);1-5,7,9-11,15,27H,6,8,12H2,(H,28,31,34)(H2,29,30,32,33);2H,1H2;1H/t17-;15-;;/m11../s1. The van der Waals surface area contributed by atoms with E-state index in [0.717, 1.165) is 68.7 Å². The average Bonchev–Trinajstić information content (AvgIpc) is 4.30. The lowest BCUT2D eigenvalue weighted by Gasteiger charge is -2.15. The molecule has 416 valence electrons. The number of aromatic amines is 2. The van der Waals surface area contributed by atoms with Gasteiger partial charge >= 0.3 is 12.4 Å². The van der Waals surface area contributed by atoms with E-state index in [-0.39, 0.29) is 53.2 Å². The zero-order valence-electron chi connectivity index (χ0n) is 41.5. The number of alkyl halides is 6. The quantitative estimate of drug-likeness (QED) is 0.0304. The summed E-state index contributed by atoms with van der Waals surface area (Å²) in [5, 5.41) is 30.0. The second-order valence-corrected chi connectivity index (χ2v) is 17.6. The molecule has 0 unspecified atom stereocenters. The van der Waals surface area contributed by atoms with E-state index in [0.29, 0.717) is 69.8 Å². The number of likely N-dealkylation sites (tertiary alicyclic amines) is 1. The minimum atomic E-state index is -4.55. The Morgan fingerprint density at radius 2 is 1.09 bits per heavy atom. The monoisotopic (exact) mass is 1150 g/mol. The summed E-state index contributed by atoms with van der Waals surface area (Å²) in [6, 6.07) is 19.1. The van der Waals surface area contributed by atoms with Crippen molar-refractivity contribution in [2.24, 2.45) is 0 Å². The third-order valence-electron chi connectivity index (χ3n) is 11.8. The number of nitrogens with one attached hydrogen (secondary N) is 7. The van der Waals surface area contributed by atoms with Crippen molar-refractivity contribution in [3.63, 3.8) is 0 Å². The Bertz CT molecular complexity index is 3500. The van der Waals surface area contributed by atoms with Gasteiger partial charge < -0.3 is 41.0 Å². The number of rotatable bonds is 14. The number of nitrogens with zero attached hydrogens (tertiary/aromatic N) is 7. The number of hydrogen-bond donors (Lipinski definition) is 7. The number of anilines is 4. The number of hydrogen-bond acceptors (Lipinski definition) is 15. The number of aromatic nitrogens is 8. The SMILES string of the molecule is C=CC(=O)Cl.C=CC(=O)N1CC[C@@H](Nc2n[nH]c3nccc(Oc4ccc(C(=O)Nc5cc(C(F)(F)F)ccn5)cc4)c23)C1.Cl.O=C(Nc1cc(C(F)(F)F)ccn1)c1ccc(Oc2ccnc3[nH]nc(N[C@@H]4CCNC4)c23)cc1. The number of ether oxygens (including phenoxy) is 2. The number of carbonyl (C=O) groups excluding carboxylic acids is 4. The van der Waals surface area contributed by atoms with Crippen molar-refractivity contribution in [2.75, 3.05) is 47.4 Å². The van der Waals surface area contributed by atoms with Gasteiger partial charge in [-0.3, -0.25) is 29.4 Å². The Morgan fingerprint density at radius 1 is 0.637 bits per heavy atom. The molecular formula is C52H46Cl2F6N14O6. The van der Waals surface area contributed by atoms with Crippen LogP contribution in [0, 0.1) is 0 Å². The highest BCUT2D eigenvalue weighted by Gasteiger charge is 2.32. The van der Waals surface area contributed by atoms with Crippen LogP contribution in [0.15, 0.2) is 135 Å². The third-order valence-corrected chi connectivity index (χ3v) is 11.9. The fourth-order valence-electron chi connectivity index (χ4n) is 7.93. The molecule has 2 aromatic carbocycles. The molecule has 2 aliphatic rings. The van der Waals surface area contributed by atoms with Crippen LogP contribution in [0.25, 0.3) is 22.1 Å². The molecule has 2 saturated heterocycles. The number of benzene rings is 2. The largest absolute Gasteiger partial charge is 0.456 e. The number of fused-ring (bicyclic) bond motifs is 2. The summed E-state index contributed by atoms with van der Waals surface area (Å²) < 4.78 is 89.5. The highest BCUT2D eigenvalue weighted by atomic mass is 35.5. The lowest BCUT2D eigenvalue weighted by molar-refractivity contribution is -0.138. The maximum absolute atomic E-state index is 12.9. The van der Waals surface area contributed by atoms with E-state index in [1.165, 1.54) is 30.3 Å². The third kappa shape index (κ3) is 15.1. The predicted octanol–water partition coefficient (Wildman–Crippen LogP) is 10.2. The minimum absolute atomic E-state index is 0. The van der Waals surface area contributed by atoms with E-state index in [9.17, 15) is 45.5 Å². The fraction of sp³-hybridized carbons (Fsp3) is 0.192. The Labute approximate surface area is 461 Å². The summed E-state index contributed by atoms with van der Waals surface area (Å²) in [4.78, 5) is 64.2. The summed E-state index contributed by atoms with van der Waals surface area (Å²) >= 11 is 4.71. The molecule has 8 aromatic rings. The van der Waals surface area contributed by atoms with E-state index < -0.39 is 40.5 Å². The van der Waals surface area contributed by atoms with Crippen molar-refractivity contribution >= 4 is 92.3 Å². The highest BCUT2D eigenvalue weighted by molar-refractivity contribution is 6.66. The van der Waals surface area contributed by atoms with E-state index in [1.807, 2.05) is 0 Å². The molecule has 20 nitrogen and oxygen atoms in total. The zero-order chi connectivity index (χ0) is 56.3. The molecule has 0 saturated carbocycles. The van der Waals surface area contributed by atoms with Gasteiger partial charge in [0.15, 0.2) is 22.9 Å². The van der Waals surface area contributed by atoms with Gasteiger partial charge in [0.05, 0.1) is 11.1 Å². The van der Waals surface area contributed by atoms with Gasteiger partial charge in [-0.05, 0) is 116 Å². The number of carbonyl (C=O) groups is 4. The van der Waals surface area contributed by atoms with E-state index in [1.54, 1.807) is 53.7 Å². The number of amides is 3. The minimum Gasteiger partial charge on any atom is -0.456 e. The summed E-state index contributed by atoms with van der Waals surface area (Å²) in [6.45, 7) is 9.50. The van der Waals surface area contributed by atoms with E-state index in [2.05, 4.69) is 80.1 Å². The van der Waals surface area contributed by atoms with Crippen LogP contribution in [0.3, 0.4) is 0 Å². The lowest BCUT2D eigenvalue weighted by atomic mass is 10.2. The number of pyridine rings is 4. The van der Waals surface area contributed by atoms with Crippen LogP contribution in [-0.2, 0) is 21.9 Å². The van der Waals surface area contributed by atoms with Gasteiger partial charge in [0.25, 0.3) is 11.8 Å². The van der Waals surface area contributed by atoms with Crippen molar-refractivity contribution in [3.8, 4) is 23.0 Å². The summed E-state index contributed by atoms with van der Waals surface area (Å²) in [7, 11) is 0. The van der Waals surface area contributed by atoms with Gasteiger partial charge in [-0.2, -0.15) is 36.5 Å². The normalized spacial score (nSPS) is 14.8. The Morgan fingerprint density at radius 3 is 1.50 bits per heavy atom. The highest BCUT2D eigenvalue weighted by Crippen LogP contribution is 2.36. The second kappa shape index (κ2) is 26.0. The first-order chi connectivity index (χ1) is 37.8. The number of halogens is 8.